The maximum atomic E-state index is 12.6. The van der Waals surface area contributed by atoms with Crippen molar-refractivity contribution in [3.8, 4) is 0 Å². The first kappa shape index (κ1) is 23.4. The van der Waals surface area contributed by atoms with Crippen molar-refractivity contribution in [2.75, 3.05) is 11.4 Å². The summed E-state index contributed by atoms with van der Waals surface area (Å²) >= 11 is 0. The monoisotopic (exact) mass is 477 g/mol. The maximum Gasteiger partial charge on any atom is 0.258 e. The Morgan fingerprint density at radius 1 is 0.861 bits per heavy atom. The molecule has 36 heavy (non-hydrogen) atoms. The lowest BCUT2D eigenvalue weighted by Gasteiger charge is -2.39. The molecule has 0 radical (unpaired) electrons. The predicted octanol–water partition coefficient (Wildman–Crippen LogP) is 4.55. The molecule has 0 saturated heterocycles. The second-order valence-electron chi connectivity index (χ2n) is 8.76. The number of amides is 2. The molecule has 0 bridgehead atoms. The Kier molecular flexibility index (Phi) is 6.56. The van der Waals surface area contributed by atoms with Crippen LogP contribution in [-0.2, 0) is 13.1 Å². The molecule has 5 rings (SSSR count). The number of hydrogen-bond acceptors (Lipinski definition) is 6. The number of imide groups is 1. The highest BCUT2D eigenvalue weighted by Gasteiger charge is 2.29. The first-order chi connectivity index (χ1) is 17.6. The largest absolute Gasteiger partial charge is 0.352 e. The number of rotatable bonds is 9. The van der Waals surface area contributed by atoms with Gasteiger partial charge in [-0.05, 0) is 49.4 Å². The van der Waals surface area contributed by atoms with E-state index in [9.17, 15) is 9.59 Å². The molecule has 0 aliphatic carbocycles. The SMILES string of the molecule is C=CCN(c1ccc2c3c(cccc13)C(=O)NC2=O)C(C)N(Cc1ccccn1)Cc1ccccn1. The van der Waals surface area contributed by atoms with E-state index in [0.29, 0.717) is 36.1 Å². The van der Waals surface area contributed by atoms with Crippen molar-refractivity contribution in [1.29, 1.82) is 0 Å². The number of anilines is 1. The van der Waals surface area contributed by atoms with Crippen LogP contribution in [0.15, 0.2) is 91.8 Å². The van der Waals surface area contributed by atoms with Crippen molar-refractivity contribution in [3.63, 3.8) is 0 Å². The molecule has 1 unspecified atom stereocenters. The fourth-order valence-electron chi connectivity index (χ4n) is 4.77. The lowest BCUT2D eigenvalue weighted by atomic mass is 9.93. The van der Waals surface area contributed by atoms with Crippen LogP contribution < -0.4 is 10.2 Å². The smallest absolute Gasteiger partial charge is 0.258 e. The number of hydrogen-bond donors (Lipinski definition) is 1. The van der Waals surface area contributed by atoms with E-state index >= 15 is 0 Å². The van der Waals surface area contributed by atoms with Crippen molar-refractivity contribution in [2.24, 2.45) is 0 Å². The minimum absolute atomic E-state index is 0.0859. The highest BCUT2D eigenvalue weighted by atomic mass is 16.2. The molecule has 1 atom stereocenters. The van der Waals surface area contributed by atoms with E-state index in [1.165, 1.54) is 0 Å². The van der Waals surface area contributed by atoms with Crippen molar-refractivity contribution < 1.29 is 9.59 Å². The Bertz CT molecular complexity index is 1360. The first-order valence-corrected chi connectivity index (χ1v) is 11.9. The van der Waals surface area contributed by atoms with Crippen LogP contribution in [0.25, 0.3) is 10.8 Å². The molecule has 1 aliphatic rings. The maximum absolute atomic E-state index is 12.6. The number of carbonyl (C=O) groups excluding carboxylic acids is 2. The third-order valence-corrected chi connectivity index (χ3v) is 6.53. The lowest BCUT2D eigenvalue weighted by Crippen LogP contribution is -2.46. The second kappa shape index (κ2) is 10.1. The van der Waals surface area contributed by atoms with E-state index in [1.807, 2.05) is 60.7 Å². The number of benzene rings is 2. The van der Waals surface area contributed by atoms with Gasteiger partial charge in [-0.15, -0.1) is 6.58 Å². The van der Waals surface area contributed by atoms with Crippen LogP contribution in [0.4, 0.5) is 5.69 Å². The van der Waals surface area contributed by atoms with Crippen LogP contribution in [0.2, 0.25) is 0 Å². The number of pyridine rings is 2. The molecule has 4 aromatic rings. The number of nitrogens with zero attached hydrogens (tertiary/aromatic N) is 4. The van der Waals surface area contributed by atoms with Gasteiger partial charge in [0, 0.05) is 59.6 Å². The summed E-state index contributed by atoms with van der Waals surface area (Å²) in [5.41, 5.74) is 3.86. The lowest BCUT2D eigenvalue weighted by molar-refractivity contribution is 0.0845. The molecule has 1 N–H and O–H groups in total. The summed E-state index contributed by atoms with van der Waals surface area (Å²) in [5, 5.41) is 3.98. The Hall–Kier alpha value is -4.36. The van der Waals surface area contributed by atoms with E-state index in [-0.39, 0.29) is 18.0 Å². The predicted molar refractivity (Wildman–Crippen MR) is 140 cm³/mol. The van der Waals surface area contributed by atoms with Crippen LogP contribution >= 0.6 is 0 Å². The van der Waals surface area contributed by atoms with E-state index < -0.39 is 0 Å². The topological polar surface area (TPSA) is 78.4 Å². The molecular formula is C29H27N5O2. The third-order valence-electron chi connectivity index (χ3n) is 6.53. The van der Waals surface area contributed by atoms with Gasteiger partial charge in [-0.3, -0.25) is 29.8 Å². The molecule has 0 spiro atoms. The highest BCUT2D eigenvalue weighted by Crippen LogP contribution is 2.35. The van der Waals surface area contributed by atoms with Crippen molar-refractivity contribution in [1.82, 2.24) is 20.2 Å². The number of carbonyl (C=O) groups is 2. The molecule has 7 heteroatoms. The fraction of sp³-hybridized carbons (Fsp3) is 0.172. The molecule has 0 fully saturated rings. The van der Waals surface area contributed by atoms with Gasteiger partial charge in [0.25, 0.3) is 11.8 Å². The van der Waals surface area contributed by atoms with Gasteiger partial charge in [-0.25, -0.2) is 0 Å². The third kappa shape index (κ3) is 4.48. The number of nitrogens with one attached hydrogen (secondary N) is 1. The van der Waals surface area contributed by atoms with Crippen LogP contribution in [-0.4, -0.2) is 39.4 Å². The molecule has 1 aliphatic heterocycles. The van der Waals surface area contributed by atoms with Gasteiger partial charge in [0.1, 0.15) is 0 Å². The zero-order valence-corrected chi connectivity index (χ0v) is 20.1. The van der Waals surface area contributed by atoms with Crippen molar-refractivity contribution in [3.05, 3.63) is 114 Å². The summed E-state index contributed by atoms with van der Waals surface area (Å²) in [6.45, 7) is 7.95. The number of aromatic nitrogens is 2. The van der Waals surface area contributed by atoms with Gasteiger partial charge < -0.3 is 4.90 Å². The van der Waals surface area contributed by atoms with Crippen molar-refractivity contribution in [2.45, 2.75) is 26.2 Å². The van der Waals surface area contributed by atoms with Gasteiger partial charge in [-0.1, -0.05) is 30.3 Å². The van der Waals surface area contributed by atoms with E-state index in [1.54, 1.807) is 24.5 Å². The summed E-state index contributed by atoms with van der Waals surface area (Å²) in [6.07, 6.45) is 5.38. The second-order valence-corrected chi connectivity index (χ2v) is 8.76. The molecule has 0 saturated carbocycles. The normalized spacial score (nSPS) is 13.5. The zero-order valence-electron chi connectivity index (χ0n) is 20.1. The molecular weight excluding hydrogens is 450 g/mol. The summed E-state index contributed by atoms with van der Waals surface area (Å²) in [4.78, 5) is 38.7. The van der Waals surface area contributed by atoms with Gasteiger partial charge in [-0.2, -0.15) is 0 Å². The van der Waals surface area contributed by atoms with Crippen LogP contribution in [0, 0.1) is 0 Å². The van der Waals surface area contributed by atoms with Crippen molar-refractivity contribution >= 4 is 28.3 Å². The highest BCUT2D eigenvalue weighted by molar-refractivity contribution is 6.26. The van der Waals surface area contributed by atoms with Crippen LogP contribution in [0.5, 0.6) is 0 Å². The Labute approximate surface area is 210 Å². The average molecular weight is 478 g/mol. The summed E-state index contributed by atoms with van der Waals surface area (Å²) in [7, 11) is 0. The summed E-state index contributed by atoms with van der Waals surface area (Å²) in [6, 6.07) is 21.2. The van der Waals surface area contributed by atoms with Crippen LogP contribution in [0.1, 0.15) is 39.0 Å². The van der Waals surface area contributed by atoms with E-state index in [0.717, 1.165) is 22.5 Å². The zero-order chi connectivity index (χ0) is 25.1. The van der Waals surface area contributed by atoms with Gasteiger partial charge in [0.05, 0.1) is 17.6 Å². The molecule has 3 heterocycles. The molecule has 180 valence electrons. The van der Waals surface area contributed by atoms with E-state index in [2.05, 4.69) is 38.6 Å². The van der Waals surface area contributed by atoms with E-state index in [4.69, 9.17) is 0 Å². The molecule has 7 nitrogen and oxygen atoms in total. The average Bonchev–Trinajstić information content (AvgIpc) is 2.90. The molecule has 2 amide bonds. The fourth-order valence-corrected chi connectivity index (χ4v) is 4.77. The van der Waals surface area contributed by atoms with Crippen LogP contribution in [0.3, 0.4) is 0 Å². The first-order valence-electron chi connectivity index (χ1n) is 11.9. The standard InChI is InChI=1S/C29H27N5O2/c1-3-17-34(26-14-13-25-27-23(26)11-8-12-24(27)28(35)32-29(25)36)20(2)33(18-21-9-4-6-15-30-21)19-22-10-5-7-16-31-22/h3-16,20H,1,17-19H2,2H3,(H,32,35,36). The summed E-state index contributed by atoms with van der Waals surface area (Å²) in [5.74, 6) is -0.740. The van der Waals surface area contributed by atoms with Gasteiger partial charge >= 0.3 is 0 Å². The minimum atomic E-state index is -0.370. The van der Waals surface area contributed by atoms with Gasteiger partial charge in [0.2, 0.25) is 0 Å². The Morgan fingerprint density at radius 3 is 2.08 bits per heavy atom. The molecule has 2 aromatic heterocycles. The summed E-state index contributed by atoms with van der Waals surface area (Å²) < 4.78 is 0. The minimum Gasteiger partial charge on any atom is -0.352 e. The van der Waals surface area contributed by atoms with Gasteiger partial charge in [0.15, 0.2) is 0 Å². The molecule has 2 aromatic carbocycles. The Balaban J connectivity index is 1.59. The quantitative estimate of drug-likeness (QED) is 0.216. The Morgan fingerprint density at radius 2 is 1.50 bits per heavy atom.